The van der Waals surface area contributed by atoms with Gasteiger partial charge in [-0.15, -0.1) is 0 Å². The maximum atomic E-state index is 11.8. The monoisotopic (exact) mass is 355 g/mol. The number of para-hydroxylation sites is 1. The fourth-order valence-corrected chi connectivity index (χ4v) is 2.74. The number of hydrogen-bond acceptors (Lipinski definition) is 6. The van der Waals surface area contributed by atoms with Crippen LogP contribution in [0.1, 0.15) is 11.1 Å². The largest absolute Gasteiger partial charge is 0.464 e. The standard InChI is InChI=1S/C18H14ClN3O3/c1-25-18(23)17(22-24)15-10-20-16(11-6-2-4-8-13(11)19)12-7-3-5-9-14(12)21-15/h2-9,24H,10H2,1H3. The maximum absolute atomic E-state index is 11.8. The SMILES string of the molecule is COC(=O)C(=NO)C1=Nc2ccccc2C(c2ccccc2Cl)=NC1. The molecule has 2 aromatic carbocycles. The summed E-state index contributed by atoms with van der Waals surface area (Å²) in [6.07, 6.45) is 0. The molecule has 0 fully saturated rings. The Balaban J connectivity index is 2.16. The molecule has 2 aromatic rings. The van der Waals surface area contributed by atoms with Crippen molar-refractivity contribution in [3.8, 4) is 0 Å². The predicted molar refractivity (Wildman–Crippen MR) is 96.7 cm³/mol. The molecule has 0 saturated heterocycles. The normalized spacial score (nSPS) is 14.1. The number of ether oxygens (including phenoxy) is 1. The van der Waals surface area contributed by atoms with Crippen molar-refractivity contribution in [3.05, 3.63) is 64.7 Å². The van der Waals surface area contributed by atoms with Crippen molar-refractivity contribution in [2.45, 2.75) is 0 Å². The number of fused-ring (bicyclic) bond motifs is 1. The molecule has 1 N–H and O–H groups in total. The minimum absolute atomic E-state index is 0.0454. The van der Waals surface area contributed by atoms with E-state index in [1.807, 2.05) is 36.4 Å². The van der Waals surface area contributed by atoms with Crippen LogP contribution in [0.3, 0.4) is 0 Å². The molecule has 0 aliphatic carbocycles. The minimum Gasteiger partial charge on any atom is -0.464 e. The predicted octanol–water partition coefficient (Wildman–Crippen LogP) is 3.27. The molecule has 1 aliphatic rings. The van der Waals surface area contributed by atoms with Gasteiger partial charge in [0, 0.05) is 16.1 Å². The van der Waals surface area contributed by atoms with Gasteiger partial charge in [-0.1, -0.05) is 53.2 Å². The van der Waals surface area contributed by atoms with E-state index in [1.54, 1.807) is 12.1 Å². The number of carbonyl (C=O) groups is 1. The van der Waals surface area contributed by atoms with Gasteiger partial charge in [0.05, 0.1) is 30.8 Å². The number of hydrogen-bond donors (Lipinski definition) is 1. The summed E-state index contributed by atoms with van der Waals surface area (Å²) in [4.78, 5) is 20.8. The Kier molecular flexibility index (Phi) is 4.90. The quantitative estimate of drug-likeness (QED) is 0.397. The molecular weight excluding hydrogens is 342 g/mol. The Hall–Kier alpha value is -2.99. The molecule has 7 heteroatoms. The second-order valence-electron chi connectivity index (χ2n) is 5.16. The number of rotatable bonds is 3. The lowest BCUT2D eigenvalue weighted by Gasteiger charge is -2.09. The summed E-state index contributed by atoms with van der Waals surface area (Å²) in [5.41, 5.74) is 2.72. The highest BCUT2D eigenvalue weighted by atomic mass is 35.5. The van der Waals surface area contributed by atoms with Gasteiger partial charge in [-0.05, 0) is 12.1 Å². The summed E-state index contributed by atoms with van der Waals surface area (Å²) in [6.45, 7) is 0.0454. The lowest BCUT2D eigenvalue weighted by molar-refractivity contribution is -0.132. The van der Waals surface area contributed by atoms with Crippen molar-refractivity contribution in [2.24, 2.45) is 15.1 Å². The van der Waals surface area contributed by atoms with E-state index in [2.05, 4.69) is 19.9 Å². The Morgan fingerprint density at radius 2 is 1.84 bits per heavy atom. The van der Waals surface area contributed by atoms with Crippen molar-refractivity contribution in [2.75, 3.05) is 13.7 Å². The van der Waals surface area contributed by atoms with Crippen molar-refractivity contribution in [3.63, 3.8) is 0 Å². The second kappa shape index (κ2) is 7.27. The van der Waals surface area contributed by atoms with Gasteiger partial charge in [-0.3, -0.25) is 4.99 Å². The van der Waals surface area contributed by atoms with E-state index < -0.39 is 5.97 Å². The number of nitrogens with zero attached hydrogens (tertiary/aromatic N) is 3. The van der Waals surface area contributed by atoms with Gasteiger partial charge in [0.1, 0.15) is 0 Å². The molecule has 0 saturated carbocycles. The van der Waals surface area contributed by atoms with Crippen molar-refractivity contribution in [1.29, 1.82) is 0 Å². The van der Waals surface area contributed by atoms with Crippen LogP contribution in [0.15, 0.2) is 63.7 Å². The molecular formula is C18H14ClN3O3. The molecule has 0 bridgehead atoms. The van der Waals surface area contributed by atoms with Crippen LogP contribution in [0.5, 0.6) is 0 Å². The lowest BCUT2D eigenvalue weighted by atomic mass is 10.0. The zero-order valence-electron chi connectivity index (χ0n) is 13.3. The van der Waals surface area contributed by atoms with E-state index in [0.29, 0.717) is 16.4 Å². The van der Waals surface area contributed by atoms with E-state index in [4.69, 9.17) is 11.6 Å². The molecule has 0 aromatic heterocycles. The molecule has 1 aliphatic heterocycles. The molecule has 0 radical (unpaired) electrons. The van der Waals surface area contributed by atoms with Crippen LogP contribution in [-0.4, -0.2) is 42.0 Å². The second-order valence-corrected chi connectivity index (χ2v) is 5.57. The van der Waals surface area contributed by atoms with Gasteiger partial charge < -0.3 is 9.94 Å². The van der Waals surface area contributed by atoms with Crippen LogP contribution in [0.2, 0.25) is 5.02 Å². The van der Waals surface area contributed by atoms with E-state index in [-0.39, 0.29) is 18.0 Å². The third-order valence-electron chi connectivity index (χ3n) is 3.68. The number of benzene rings is 2. The van der Waals surface area contributed by atoms with E-state index in [1.165, 1.54) is 7.11 Å². The maximum Gasteiger partial charge on any atom is 0.362 e. The number of aliphatic imine (C=N–C) groups is 2. The number of esters is 1. The highest BCUT2D eigenvalue weighted by Crippen LogP contribution is 2.28. The van der Waals surface area contributed by atoms with Crippen LogP contribution in [0.25, 0.3) is 0 Å². The molecule has 0 amide bonds. The molecule has 0 spiro atoms. The Morgan fingerprint density at radius 1 is 1.16 bits per heavy atom. The van der Waals surface area contributed by atoms with Gasteiger partial charge in [-0.2, -0.15) is 0 Å². The summed E-state index contributed by atoms with van der Waals surface area (Å²) in [7, 11) is 1.21. The molecule has 0 atom stereocenters. The first-order valence-electron chi connectivity index (χ1n) is 7.42. The number of methoxy groups -OCH3 is 1. The molecule has 6 nitrogen and oxygen atoms in total. The Bertz CT molecular complexity index is 919. The highest BCUT2D eigenvalue weighted by molar-refractivity contribution is 6.66. The lowest BCUT2D eigenvalue weighted by Crippen LogP contribution is -2.27. The fraction of sp³-hybridized carbons (Fsp3) is 0.111. The van der Waals surface area contributed by atoms with Crippen LogP contribution in [0.4, 0.5) is 5.69 Å². The first kappa shape index (κ1) is 16.9. The molecule has 3 rings (SSSR count). The first-order chi connectivity index (χ1) is 12.2. The number of halogens is 1. The van der Waals surface area contributed by atoms with Crippen LogP contribution in [0, 0.1) is 0 Å². The molecule has 1 heterocycles. The third kappa shape index (κ3) is 3.29. The van der Waals surface area contributed by atoms with Crippen molar-refractivity contribution < 1.29 is 14.7 Å². The van der Waals surface area contributed by atoms with Gasteiger partial charge in [0.15, 0.2) is 0 Å². The highest BCUT2D eigenvalue weighted by Gasteiger charge is 2.24. The third-order valence-corrected chi connectivity index (χ3v) is 4.01. The molecule has 25 heavy (non-hydrogen) atoms. The van der Waals surface area contributed by atoms with Crippen molar-refractivity contribution >= 4 is 40.4 Å². The Labute approximate surface area is 149 Å². The van der Waals surface area contributed by atoms with Gasteiger partial charge in [-0.25, -0.2) is 9.79 Å². The van der Waals surface area contributed by atoms with Crippen molar-refractivity contribution in [1.82, 2.24) is 0 Å². The van der Waals surface area contributed by atoms with Crippen LogP contribution >= 0.6 is 11.6 Å². The number of oxime groups is 1. The zero-order chi connectivity index (χ0) is 17.8. The topological polar surface area (TPSA) is 83.6 Å². The smallest absolute Gasteiger partial charge is 0.362 e. The average molecular weight is 356 g/mol. The summed E-state index contributed by atoms with van der Waals surface area (Å²) < 4.78 is 4.64. The molecule has 0 unspecified atom stereocenters. The summed E-state index contributed by atoms with van der Waals surface area (Å²) in [5, 5.41) is 12.8. The van der Waals surface area contributed by atoms with E-state index in [0.717, 1.165) is 11.1 Å². The first-order valence-corrected chi connectivity index (χ1v) is 7.80. The van der Waals surface area contributed by atoms with Gasteiger partial charge in [0.2, 0.25) is 5.71 Å². The van der Waals surface area contributed by atoms with E-state index >= 15 is 0 Å². The van der Waals surface area contributed by atoms with Gasteiger partial charge in [0.25, 0.3) is 0 Å². The fourth-order valence-electron chi connectivity index (χ4n) is 2.52. The average Bonchev–Trinajstić information content (AvgIpc) is 2.82. The minimum atomic E-state index is -0.782. The summed E-state index contributed by atoms with van der Waals surface area (Å²) in [5.74, 6) is -0.782. The van der Waals surface area contributed by atoms with Crippen LogP contribution < -0.4 is 0 Å². The van der Waals surface area contributed by atoms with Gasteiger partial charge >= 0.3 is 5.97 Å². The zero-order valence-corrected chi connectivity index (χ0v) is 14.1. The summed E-state index contributed by atoms with van der Waals surface area (Å²) in [6, 6.07) is 14.7. The van der Waals surface area contributed by atoms with E-state index in [9.17, 15) is 10.0 Å². The number of carbonyl (C=O) groups excluding carboxylic acids is 1. The van der Waals surface area contributed by atoms with Crippen LogP contribution in [-0.2, 0) is 9.53 Å². The molecule has 126 valence electrons. The Morgan fingerprint density at radius 3 is 2.52 bits per heavy atom. The summed E-state index contributed by atoms with van der Waals surface area (Å²) >= 11 is 6.32.